The average molecular weight is 374 g/mol. The normalized spacial score (nSPS) is 50.6. The van der Waals surface area contributed by atoms with Crippen LogP contribution in [-0.2, 0) is 28.6 Å². The Labute approximate surface area is 156 Å². The summed E-state index contributed by atoms with van der Waals surface area (Å²) in [5.74, 6) is -1.68. The molecule has 1 spiro atoms. The van der Waals surface area contributed by atoms with E-state index in [9.17, 15) is 19.5 Å². The molecule has 0 aromatic rings. The van der Waals surface area contributed by atoms with E-state index < -0.39 is 46.6 Å². The number of fused-ring (bicyclic) bond motifs is 2. The molecule has 0 amide bonds. The second kappa shape index (κ2) is 5.08. The molecule has 7 nitrogen and oxygen atoms in total. The Bertz CT molecular complexity index is 828. The minimum absolute atomic E-state index is 0.00904. The summed E-state index contributed by atoms with van der Waals surface area (Å²) in [7, 11) is 0. The van der Waals surface area contributed by atoms with Crippen molar-refractivity contribution in [3.05, 3.63) is 23.8 Å². The van der Waals surface area contributed by atoms with Gasteiger partial charge in [-0.05, 0) is 38.3 Å². The van der Waals surface area contributed by atoms with E-state index in [1.807, 2.05) is 13.8 Å². The van der Waals surface area contributed by atoms with Gasteiger partial charge >= 0.3 is 11.9 Å². The molecule has 0 bridgehead atoms. The van der Waals surface area contributed by atoms with Gasteiger partial charge in [-0.2, -0.15) is 0 Å². The first-order chi connectivity index (χ1) is 12.7. The number of hydrogen-bond donors (Lipinski definition) is 1. The maximum absolute atomic E-state index is 13.1. The number of ether oxygens (including phenoxy) is 3. The summed E-state index contributed by atoms with van der Waals surface area (Å²) in [4.78, 5) is 37.4. The third-order valence-electron chi connectivity index (χ3n) is 7.73. The van der Waals surface area contributed by atoms with Crippen LogP contribution in [0.5, 0.6) is 0 Å². The summed E-state index contributed by atoms with van der Waals surface area (Å²) < 4.78 is 16.6. The van der Waals surface area contributed by atoms with E-state index in [4.69, 9.17) is 14.2 Å². The fourth-order valence-corrected chi connectivity index (χ4v) is 6.22. The highest BCUT2D eigenvalue weighted by atomic mass is 16.6. The highest BCUT2D eigenvalue weighted by Gasteiger charge is 2.72. The Morgan fingerprint density at radius 3 is 2.67 bits per heavy atom. The van der Waals surface area contributed by atoms with Crippen molar-refractivity contribution >= 4 is 17.7 Å². The Balaban J connectivity index is 1.58. The summed E-state index contributed by atoms with van der Waals surface area (Å²) in [5, 5.41) is 9.61. The quantitative estimate of drug-likeness (QED) is 0.685. The van der Waals surface area contributed by atoms with Crippen LogP contribution in [0.15, 0.2) is 23.8 Å². The van der Waals surface area contributed by atoms with Crippen molar-refractivity contribution in [1.82, 2.24) is 0 Å². The molecule has 7 atom stereocenters. The maximum atomic E-state index is 13.1. The van der Waals surface area contributed by atoms with Gasteiger partial charge in [-0.1, -0.05) is 13.0 Å². The average Bonchev–Trinajstić information content (AvgIpc) is 3.19. The number of carbonyl (C=O) groups is 3. The first-order valence-electron chi connectivity index (χ1n) is 9.37. The second-order valence-electron chi connectivity index (χ2n) is 8.89. The molecular formula is C20H22O7. The Morgan fingerprint density at radius 2 is 1.96 bits per heavy atom. The van der Waals surface area contributed by atoms with Crippen molar-refractivity contribution < 1.29 is 33.7 Å². The predicted octanol–water partition coefficient (Wildman–Crippen LogP) is 1.05. The fraction of sp³-hybridized carbons (Fsp3) is 0.650. The zero-order chi connectivity index (χ0) is 19.2. The standard InChI is InChI=1S/C20H22O7/c1-18-8-13(10-7-14(22)26-16(10)23)27-19(18,2)5-6-20-9-25-17(24)11(20)3-4-12(21)15(18)20/h3-4,7,11,13-15,22H,5-6,8-9H2,1-2H3/t11-,13-,14+,15+,18+,19-,20+/m0/s1. The molecule has 7 heteroatoms. The van der Waals surface area contributed by atoms with Gasteiger partial charge in [-0.15, -0.1) is 0 Å². The fourth-order valence-electron chi connectivity index (χ4n) is 6.22. The van der Waals surface area contributed by atoms with Crippen LogP contribution in [0.1, 0.15) is 33.1 Å². The minimum Gasteiger partial charge on any atom is -0.465 e. The molecule has 144 valence electrons. The van der Waals surface area contributed by atoms with Crippen LogP contribution < -0.4 is 0 Å². The minimum atomic E-state index is -1.25. The molecule has 1 N–H and O–H groups in total. The number of cyclic esters (lactones) is 2. The zero-order valence-electron chi connectivity index (χ0n) is 15.3. The summed E-state index contributed by atoms with van der Waals surface area (Å²) in [5.41, 5.74) is -1.43. The van der Waals surface area contributed by atoms with Crippen LogP contribution in [0.2, 0.25) is 0 Å². The molecule has 27 heavy (non-hydrogen) atoms. The SMILES string of the molecule is C[C@]12CC[C@@]34COC(=O)[C@@H]3C=CC(=O)[C@@H]4[C@@]1(C)C[C@@H](C1=C[C@H](O)OC1=O)O2. The largest absolute Gasteiger partial charge is 0.465 e. The van der Waals surface area contributed by atoms with Crippen LogP contribution in [0.3, 0.4) is 0 Å². The third kappa shape index (κ3) is 1.96. The van der Waals surface area contributed by atoms with E-state index in [1.54, 1.807) is 6.08 Å². The number of rotatable bonds is 1. The number of ketones is 1. The molecule has 3 heterocycles. The lowest BCUT2D eigenvalue weighted by molar-refractivity contribution is -0.171. The van der Waals surface area contributed by atoms with Gasteiger partial charge in [-0.25, -0.2) is 4.79 Å². The highest BCUT2D eigenvalue weighted by Crippen LogP contribution is 2.68. The van der Waals surface area contributed by atoms with Gasteiger partial charge < -0.3 is 19.3 Å². The Kier molecular flexibility index (Phi) is 3.23. The Hall–Kier alpha value is -1.99. The number of hydrogen-bond acceptors (Lipinski definition) is 7. The van der Waals surface area contributed by atoms with Crippen LogP contribution in [0.25, 0.3) is 0 Å². The molecule has 0 radical (unpaired) electrons. The number of allylic oxidation sites excluding steroid dienone is 1. The van der Waals surface area contributed by atoms with Gasteiger partial charge in [-0.3, -0.25) is 9.59 Å². The number of aliphatic hydroxyl groups excluding tert-OH is 1. The summed E-state index contributed by atoms with van der Waals surface area (Å²) in [6.07, 6.45) is 4.54. The van der Waals surface area contributed by atoms with Crippen LogP contribution >= 0.6 is 0 Å². The first kappa shape index (κ1) is 17.1. The van der Waals surface area contributed by atoms with Crippen LogP contribution in [0, 0.1) is 22.7 Å². The van der Waals surface area contributed by atoms with E-state index in [1.165, 1.54) is 12.2 Å². The van der Waals surface area contributed by atoms with Crippen molar-refractivity contribution in [1.29, 1.82) is 0 Å². The van der Waals surface area contributed by atoms with E-state index in [2.05, 4.69) is 0 Å². The van der Waals surface area contributed by atoms with Crippen molar-refractivity contribution in [2.75, 3.05) is 6.61 Å². The molecule has 2 saturated heterocycles. The van der Waals surface area contributed by atoms with Crippen molar-refractivity contribution in [3.63, 3.8) is 0 Å². The molecule has 0 unspecified atom stereocenters. The summed E-state index contributed by atoms with van der Waals surface area (Å²) >= 11 is 0. The first-order valence-corrected chi connectivity index (χ1v) is 9.37. The molecular weight excluding hydrogens is 352 g/mol. The van der Waals surface area contributed by atoms with Gasteiger partial charge in [0.15, 0.2) is 5.78 Å². The van der Waals surface area contributed by atoms with Gasteiger partial charge in [0.2, 0.25) is 6.29 Å². The molecule has 0 aromatic carbocycles. The number of aliphatic hydroxyl groups is 1. The third-order valence-corrected chi connectivity index (χ3v) is 7.73. The van der Waals surface area contributed by atoms with E-state index in [0.717, 1.165) is 0 Å². The zero-order valence-corrected chi connectivity index (χ0v) is 15.3. The number of carbonyl (C=O) groups excluding carboxylic acids is 3. The van der Waals surface area contributed by atoms with Gasteiger partial charge in [0.1, 0.15) is 0 Å². The molecule has 5 rings (SSSR count). The maximum Gasteiger partial charge on any atom is 0.339 e. The second-order valence-corrected chi connectivity index (χ2v) is 8.89. The van der Waals surface area contributed by atoms with E-state index >= 15 is 0 Å². The molecule has 3 aliphatic heterocycles. The van der Waals surface area contributed by atoms with Crippen molar-refractivity contribution in [3.8, 4) is 0 Å². The Morgan fingerprint density at radius 1 is 1.19 bits per heavy atom. The van der Waals surface area contributed by atoms with Gasteiger partial charge in [0, 0.05) is 16.7 Å². The van der Waals surface area contributed by atoms with Gasteiger partial charge in [0.25, 0.3) is 0 Å². The predicted molar refractivity (Wildman–Crippen MR) is 89.9 cm³/mol. The molecule has 3 fully saturated rings. The van der Waals surface area contributed by atoms with Gasteiger partial charge in [0.05, 0.1) is 29.8 Å². The van der Waals surface area contributed by atoms with Crippen molar-refractivity contribution in [2.45, 2.75) is 51.1 Å². The van der Waals surface area contributed by atoms with Crippen LogP contribution in [-0.4, -0.2) is 47.4 Å². The number of esters is 2. The van der Waals surface area contributed by atoms with Crippen molar-refractivity contribution in [2.24, 2.45) is 22.7 Å². The lowest BCUT2D eigenvalue weighted by Gasteiger charge is -2.57. The van der Waals surface area contributed by atoms with Crippen LogP contribution in [0.4, 0.5) is 0 Å². The summed E-state index contributed by atoms with van der Waals surface area (Å²) in [6.45, 7) is 4.25. The molecule has 1 saturated carbocycles. The van der Waals surface area contributed by atoms with E-state index in [-0.39, 0.29) is 18.4 Å². The molecule has 2 aliphatic carbocycles. The highest BCUT2D eigenvalue weighted by molar-refractivity contribution is 5.97. The smallest absolute Gasteiger partial charge is 0.339 e. The topological polar surface area (TPSA) is 99.1 Å². The summed E-state index contributed by atoms with van der Waals surface area (Å²) in [6, 6.07) is 0. The lowest BCUT2D eigenvalue weighted by Crippen LogP contribution is -2.61. The monoisotopic (exact) mass is 374 g/mol. The lowest BCUT2D eigenvalue weighted by atomic mass is 9.45. The molecule has 0 aromatic heterocycles. The molecule has 5 aliphatic rings. The van der Waals surface area contributed by atoms with E-state index in [0.29, 0.717) is 24.8 Å².